The van der Waals surface area contributed by atoms with Gasteiger partial charge in [0.25, 0.3) is 0 Å². The first kappa shape index (κ1) is 20.7. The number of carbonyl (C=O) groups is 2. The molecule has 4 nitrogen and oxygen atoms in total. The number of hydrogen-bond acceptors (Lipinski definition) is 3. The third-order valence-electron chi connectivity index (χ3n) is 9.61. The predicted octanol–water partition coefficient (Wildman–Crippen LogP) is 5.53. The molecule has 2 bridgehead atoms. The second-order valence-electron chi connectivity index (χ2n) is 10.8. The summed E-state index contributed by atoms with van der Waals surface area (Å²) in [6, 6.07) is 0. The van der Waals surface area contributed by atoms with Gasteiger partial charge in [0.05, 0.1) is 5.41 Å². The van der Waals surface area contributed by atoms with E-state index in [9.17, 15) is 14.7 Å². The first-order valence-corrected chi connectivity index (χ1v) is 11.3. The van der Waals surface area contributed by atoms with Gasteiger partial charge in [0.15, 0.2) is 0 Å². The smallest absolute Gasteiger partial charge is 0.333 e. The number of fused-ring (bicyclic) bond motifs is 3. The van der Waals surface area contributed by atoms with Crippen molar-refractivity contribution in [1.29, 1.82) is 0 Å². The second-order valence-corrected chi connectivity index (χ2v) is 10.8. The van der Waals surface area contributed by atoms with Crippen LogP contribution in [0.4, 0.5) is 0 Å². The Labute approximate surface area is 174 Å². The van der Waals surface area contributed by atoms with Gasteiger partial charge >= 0.3 is 11.9 Å². The van der Waals surface area contributed by atoms with Gasteiger partial charge in [-0.25, -0.2) is 4.79 Å². The highest BCUT2D eigenvalue weighted by Crippen LogP contribution is 2.72. The van der Waals surface area contributed by atoms with Gasteiger partial charge in [-0.05, 0) is 88.9 Å². The number of allylic oxidation sites excluding steroid dienone is 2. The summed E-state index contributed by atoms with van der Waals surface area (Å²) in [5.74, 6) is 0.0214. The molecule has 1 N–H and O–H groups in total. The molecule has 7 atom stereocenters. The molecule has 4 heteroatoms. The summed E-state index contributed by atoms with van der Waals surface area (Å²) in [6.45, 7) is 12.3. The van der Waals surface area contributed by atoms with E-state index in [1.54, 1.807) is 13.0 Å². The van der Waals surface area contributed by atoms with Crippen molar-refractivity contribution < 1.29 is 19.4 Å². The standard InChI is InChI=1S/C25H36O4/c1-6-15(2)21(26)29-20-12-19-23(4,10-7-11-24(19,5)22(27)28)18-9-8-17-14-25(18,20)13-16(17)3/h6,17-20H,3,7-14H2,1-2,4-5H3,(H,27,28)/t17-,18+,19+,20+,23+,24-,25+/m1/s1. The van der Waals surface area contributed by atoms with Gasteiger partial charge in [-0.2, -0.15) is 0 Å². The van der Waals surface area contributed by atoms with Crippen LogP contribution in [-0.2, 0) is 14.3 Å². The van der Waals surface area contributed by atoms with Gasteiger partial charge in [-0.3, -0.25) is 4.79 Å². The number of aliphatic carboxylic acids is 1. The van der Waals surface area contributed by atoms with Crippen LogP contribution in [0.2, 0.25) is 0 Å². The van der Waals surface area contributed by atoms with Crippen molar-refractivity contribution in [3.05, 3.63) is 23.8 Å². The fraction of sp³-hybridized carbons (Fsp3) is 0.760. The second kappa shape index (κ2) is 6.72. The summed E-state index contributed by atoms with van der Waals surface area (Å²) >= 11 is 0. The summed E-state index contributed by atoms with van der Waals surface area (Å²) in [4.78, 5) is 25.2. The molecule has 0 aromatic rings. The first-order chi connectivity index (χ1) is 13.6. The Morgan fingerprint density at radius 2 is 1.93 bits per heavy atom. The summed E-state index contributed by atoms with van der Waals surface area (Å²) in [7, 11) is 0. The molecule has 0 saturated heterocycles. The van der Waals surface area contributed by atoms with Crippen molar-refractivity contribution in [2.24, 2.45) is 34.0 Å². The average Bonchev–Trinajstić information content (AvgIpc) is 2.92. The third-order valence-corrected chi connectivity index (χ3v) is 9.61. The largest absolute Gasteiger partial charge is 0.481 e. The number of rotatable bonds is 3. The van der Waals surface area contributed by atoms with E-state index in [1.165, 1.54) is 5.57 Å². The normalized spacial score (nSPS) is 46.6. The van der Waals surface area contributed by atoms with E-state index in [-0.39, 0.29) is 28.8 Å². The third kappa shape index (κ3) is 2.77. The van der Waals surface area contributed by atoms with Crippen molar-refractivity contribution >= 4 is 11.9 Å². The molecule has 0 aromatic heterocycles. The van der Waals surface area contributed by atoms with Gasteiger partial charge < -0.3 is 9.84 Å². The van der Waals surface area contributed by atoms with Crippen molar-refractivity contribution in [3.63, 3.8) is 0 Å². The maximum absolute atomic E-state index is 12.8. The van der Waals surface area contributed by atoms with Crippen LogP contribution in [0.25, 0.3) is 0 Å². The fourth-order valence-electron chi connectivity index (χ4n) is 7.99. The van der Waals surface area contributed by atoms with Gasteiger partial charge in [-0.1, -0.05) is 31.6 Å². The predicted molar refractivity (Wildman–Crippen MR) is 112 cm³/mol. The zero-order valence-corrected chi connectivity index (χ0v) is 18.4. The van der Waals surface area contributed by atoms with Crippen molar-refractivity contribution in [2.45, 2.75) is 85.2 Å². The Morgan fingerprint density at radius 1 is 1.21 bits per heavy atom. The Morgan fingerprint density at radius 3 is 2.59 bits per heavy atom. The number of carboxylic acids is 1. The fourth-order valence-corrected chi connectivity index (χ4v) is 7.99. The molecule has 160 valence electrons. The van der Waals surface area contributed by atoms with E-state index >= 15 is 0 Å². The SMILES string of the molecule is C=C1C[C@]23C[C@H]1CC[C@H]2[C@]1(C)CCC[C@@](C)(C(=O)O)[C@H]1C[C@@H]3OC(=O)C(C)=CC. The molecule has 0 heterocycles. The molecule has 4 saturated carbocycles. The van der Waals surface area contributed by atoms with Crippen LogP contribution in [0.1, 0.15) is 79.1 Å². The summed E-state index contributed by atoms with van der Waals surface area (Å²) < 4.78 is 6.21. The molecule has 1 spiro atoms. The number of ether oxygens (including phenoxy) is 1. The molecular formula is C25H36O4. The molecule has 0 radical (unpaired) electrons. The number of carbonyl (C=O) groups excluding carboxylic acids is 1. The minimum Gasteiger partial charge on any atom is -0.481 e. The average molecular weight is 401 g/mol. The quantitative estimate of drug-likeness (QED) is 0.384. The zero-order chi connectivity index (χ0) is 21.2. The monoisotopic (exact) mass is 400 g/mol. The highest BCUT2D eigenvalue weighted by atomic mass is 16.5. The van der Waals surface area contributed by atoms with Crippen LogP contribution >= 0.6 is 0 Å². The van der Waals surface area contributed by atoms with E-state index in [4.69, 9.17) is 4.74 Å². The first-order valence-electron chi connectivity index (χ1n) is 11.3. The lowest BCUT2D eigenvalue weighted by molar-refractivity contribution is -0.217. The van der Waals surface area contributed by atoms with E-state index in [0.29, 0.717) is 30.3 Å². The van der Waals surface area contributed by atoms with Gasteiger partial charge in [-0.15, -0.1) is 0 Å². The van der Waals surface area contributed by atoms with Gasteiger partial charge in [0.2, 0.25) is 0 Å². The van der Waals surface area contributed by atoms with Crippen LogP contribution < -0.4 is 0 Å². The molecule has 4 aliphatic carbocycles. The molecular weight excluding hydrogens is 364 g/mol. The summed E-state index contributed by atoms with van der Waals surface area (Å²) in [5, 5.41) is 10.2. The Balaban J connectivity index is 1.79. The molecule has 0 aromatic carbocycles. The summed E-state index contributed by atoms with van der Waals surface area (Å²) in [6.07, 6.45) is 9.24. The maximum Gasteiger partial charge on any atom is 0.333 e. The molecule has 0 unspecified atom stereocenters. The number of hydrogen-bond donors (Lipinski definition) is 1. The molecule has 29 heavy (non-hydrogen) atoms. The summed E-state index contributed by atoms with van der Waals surface area (Å²) in [5.41, 5.74) is 1.11. The molecule has 0 amide bonds. The van der Waals surface area contributed by atoms with Crippen molar-refractivity contribution in [2.75, 3.05) is 0 Å². The number of carboxylic acid groups (broad SMARTS) is 1. The van der Waals surface area contributed by atoms with Gasteiger partial charge in [0.1, 0.15) is 6.10 Å². The Kier molecular flexibility index (Phi) is 4.79. The Hall–Kier alpha value is -1.58. The van der Waals surface area contributed by atoms with E-state index in [1.807, 2.05) is 13.8 Å². The van der Waals surface area contributed by atoms with Crippen LogP contribution in [0.5, 0.6) is 0 Å². The van der Waals surface area contributed by atoms with Crippen LogP contribution in [0.15, 0.2) is 23.8 Å². The zero-order valence-electron chi connectivity index (χ0n) is 18.4. The Bertz CT molecular complexity index is 782. The topological polar surface area (TPSA) is 63.6 Å². The van der Waals surface area contributed by atoms with Crippen molar-refractivity contribution in [3.8, 4) is 0 Å². The molecule has 4 rings (SSSR count). The van der Waals surface area contributed by atoms with Crippen LogP contribution in [-0.4, -0.2) is 23.1 Å². The molecule has 4 fully saturated rings. The van der Waals surface area contributed by atoms with Gasteiger partial charge in [0, 0.05) is 11.0 Å². The maximum atomic E-state index is 12.8. The molecule has 4 aliphatic rings. The van der Waals surface area contributed by atoms with Crippen molar-refractivity contribution in [1.82, 2.24) is 0 Å². The minimum absolute atomic E-state index is 0.0144. The number of esters is 1. The lowest BCUT2D eigenvalue weighted by atomic mass is 9.40. The van der Waals surface area contributed by atoms with E-state index in [2.05, 4.69) is 13.5 Å². The minimum atomic E-state index is -0.749. The highest BCUT2D eigenvalue weighted by molar-refractivity contribution is 5.87. The van der Waals surface area contributed by atoms with E-state index < -0.39 is 11.4 Å². The molecule has 0 aliphatic heterocycles. The lowest BCUT2D eigenvalue weighted by Gasteiger charge is -2.65. The van der Waals surface area contributed by atoms with E-state index in [0.717, 1.165) is 38.5 Å². The van der Waals surface area contributed by atoms with Crippen LogP contribution in [0, 0.1) is 34.0 Å². The van der Waals surface area contributed by atoms with Crippen LogP contribution in [0.3, 0.4) is 0 Å². The highest BCUT2D eigenvalue weighted by Gasteiger charge is 2.69. The lowest BCUT2D eigenvalue weighted by Crippen LogP contribution is -2.63.